The van der Waals surface area contributed by atoms with E-state index in [0.29, 0.717) is 25.3 Å². The lowest BCUT2D eigenvalue weighted by atomic mass is 10.0. The van der Waals surface area contributed by atoms with Gasteiger partial charge in [-0.2, -0.15) is 0 Å². The zero-order valence-corrected chi connectivity index (χ0v) is 11.8. The average molecular weight is 294 g/mol. The summed E-state index contributed by atoms with van der Waals surface area (Å²) in [5.74, 6) is -0.0913. The van der Waals surface area contributed by atoms with Crippen LogP contribution < -0.4 is 5.32 Å². The van der Waals surface area contributed by atoms with E-state index < -0.39 is 0 Å². The fourth-order valence-corrected chi connectivity index (χ4v) is 2.71. The molecule has 4 rings (SSSR count). The zero-order chi connectivity index (χ0) is 14.9. The molecule has 0 aliphatic carbocycles. The third kappa shape index (κ3) is 2.14. The summed E-state index contributed by atoms with van der Waals surface area (Å²) >= 11 is 0. The summed E-state index contributed by atoms with van der Waals surface area (Å²) in [4.78, 5) is 20.7. The molecule has 0 fully saturated rings. The number of benzene rings is 1. The van der Waals surface area contributed by atoms with Crippen LogP contribution in [0.2, 0.25) is 0 Å². The summed E-state index contributed by atoms with van der Waals surface area (Å²) in [7, 11) is 0. The highest BCUT2D eigenvalue weighted by Crippen LogP contribution is 2.23. The van der Waals surface area contributed by atoms with Crippen molar-refractivity contribution in [2.24, 2.45) is 0 Å². The maximum absolute atomic E-state index is 12.4. The van der Waals surface area contributed by atoms with Crippen LogP contribution in [0.4, 0.5) is 0 Å². The third-order valence-electron chi connectivity index (χ3n) is 3.85. The fourth-order valence-electron chi connectivity index (χ4n) is 2.71. The van der Waals surface area contributed by atoms with Gasteiger partial charge in [-0.25, -0.2) is 4.98 Å². The first-order chi connectivity index (χ1) is 10.8. The van der Waals surface area contributed by atoms with E-state index in [1.807, 2.05) is 28.8 Å². The van der Waals surface area contributed by atoms with Crippen molar-refractivity contribution in [2.75, 3.05) is 0 Å². The molecule has 0 radical (unpaired) electrons. The molecule has 0 saturated heterocycles. The van der Waals surface area contributed by atoms with Crippen LogP contribution in [0, 0.1) is 0 Å². The Morgan fingerprint density at radius 3 is 3.23 bits per heavy atom. The molecule has 1 aromatic carbocycles. The molecule has 22 heavy (non-hydrogen) atoms. The summed E-state index contributed by atoms with van der Waals surface area (Å²) < 4.78 is 7.32. The minimum atomic E-state index is -0.0913. The number of imidazole rings is 1. The maximum atomic E-state index is 12.4. The second-order valence-electron chi connectivity index (χ2n) is 5.17. The Bertz CT molecular complexity index is 856. The van der Waals surface area contributed by atoms with Crippen LogP contribution in [0.5, 0.6) is 0 Å². The third-order valence-corrected chi connectivity index (χ3v) is 3.85. The second kappa shape index (κ2) is 5.23. The predicted molar refractivity (Wildman–Crippen MR) is 79.1 cm³/mol. The number of ether oxygens (including phenoxy) is 1. The molecular weight excluding hydrogens is 280 g/mol. The average Bonchev–Trinajstić information content (AvgIpc) is 3.19. The van der Waals surface area contributed by atoms with Crippen molar-refractivity contribution >= 4 is 11.6 Å². The summed E-state index contributed by atoms with van der Waals surface area (Å²) in [5, 5.41) is 2.95. The number of nitrogens with zero attached hydrogens (tertiary/aromatic N) is 3. The molecular formula is C16H14N4O2. The normalized spacial score (nSPS) is 13.3. The predicted octanol–water partition coefficient (Wildman–Crippen LogP) is 1.69. The van der Waals surface area contributed by atoms with E-state index in [-0.39, 0.29) is 5.91 Å². The standard InChI is InChI=1S/C16H14N4O2/c21-16(13-3-1-2-11-9-22-10-14(11)13)19-7-12-6-18-15-8-17-4-5-20(12)15/h1-6,8H,7,9-10H2,(H,19,21). The van der Waals surface area contributed by atoms with Gasteiger partial charge in [0.15, 0.2) is 5.65 Å². The number of hydrogen-bond donors (Lipinski definition) is 1. The molecule has 0 bridgehead atoms. The van der Waals surface area contributed by atoms with Gasteiger partial charge in [0.25, 0.3) is 5.91 Å². The van der Waals surface area contributed by atoms with E-state index in [0.717, 1.165) is 22.5 Å². The van der Waals surface area contributed by atoms with Crippen LogP contribution >= 0.6 is 0 Å². The van der Waals surface area contributed by atoms with Crippen molar-refractivity contribution in [2.45, 2.75) is 19.8 Å². The largest absolute Gasteiger partial charge is 0.372 e. The Hall–Kier alpha value is -2.73. The summed E-state index contributed by atoms with van der Waals surface area (Å²) in [6.07, 6.45) is 6.96. The van der Waals surface area contributed by atoms with Gasteiger partial charge in [-0.1, -0.05) is 12.1 Å². The molecule has 110 valence electrons. The van der Waals surface area contributed by atoms with Crippen LogP contribution in [0.1, 0.15) is 27.2 Å². The molecule has 6 heteroatoms. The Labute approximate surface area is 126 Å². The summed E-state index contributed by atoms with van der Waals surface area (Å²) in [5.41, 5.74) is 4.44. The van der Waals surface area contributed by atoms with E-state index in [9.17, 15) is 4.79 Å². The summed E-state index contributed by atoms with van der Waals surface area (Å²) in [6.45, 7) is 1.49. The Balaban J connectivity index is 1.55. The number of hydrogen-bond acceptors (Lipinski definition) is 4. The van der Waals surface area contributed by atoms with Gasteiger partial charge in [0, 0.05) is 18.0 Å². The minimum Gasteiger partial charge on any atom is -0.372 e. The number of carbonyl (C=O) groups excluding carboxylic acids is 1. The number of carbonyl (C=O) groups is 1. The molecule has 2 aromatic heterocycles. The topological polar surface area (TPSA) is 68.5 Å². The van der Waals surface area contributed by atoms with Gasteiger partial charge >= 0.3 is 0 Å². The molecule has 3 heterocycles. The minimum absolute atomic E-state index is 0.0913. The summed E-state index contributed by atoms with van der Waals surface area (Å²) in [6, 6.07) is 5.72. The first-order valence-electron chi connectivity index (χ1n) is 7.05. The number of fused-ring (bicyclic) bond motifs is 2. The van der Waals surface area contributed by atoms with Gasteiger partial charge in [0.05, 0.1) is 37.8 Å². The highest BCUT2D eigenvalue weighted by Gasteiger charge is 2.19. The lowest BCUT2D eigenvalue weighted by Gasteiger charge is -2.08. The number of nitrogens with one attached hydrogen (secondary N) is 1. The maximum Gasteiger partial charge on any atom is 0.251 e. The highest BCUT2D eigenvalue weighted by atomic mass is 16.5. The highest BCUT2D eigenvalue weighted by molar-refractivity contribution is 5.96. The molecule has 0 spiro atoms. The number of amides is 1. The monoisotopic (exact) mass is 294 g/mol. The van der Waals surface area contributed by atoms with Crippen LogP contribution in [0.15, 0.2) is 43.0 Å². The molecule has 0 saturated carbocycles. The Kier molecular flexibility index (Phi) is 3.08. The molecule has 1 aliphatic heterocycles. The van der Waals surface area contributed by atoms with Crippen molar-refractivity contribution in [3.8, 4) is 0 Å². The molecule has 1 aliphatic rings. The van der Waals surface area contributed by atoms with Crippen LogP contribution in [-0.2, 0) is 24.5 Å². The van der Waals surface area contributed by atoms with Gasteiger partial charge < -0.3 is 10.1 Å². The zero-order valence-electron chi connectivity index (χ0n) is 11.8. The van der Waals surface area contributed by atoms with E-state index in [1.54, 1.807) is 18.6 Å². The smallest absolute Gasteiger partial charge is 0.251 e. The Morgan fingerprint density at radius 2 is 2.27 bits per heavy atom. The van der Waals surface area contributed by atoms with Crippen LogP contribution in [-0.4, -0.2) is 20.3 Å². The van der Waals surface area contributed by atoms with E-state index in [1.165, 1.54) is 0 Å². The molecule has 1 N–H and O–H groups in total. The van der Waals surface area contributed by atoms with Crippen molar-refractivity contribution in [1.82, 2.24) is 19.7 Å². The van der Waals surface area contributed by atoms with E-state index >= 15 is 0 Å². The molecule has 0 atom stereocenters. The van der Waals surface area contributed by atoms with Crippen molar-refractivity contribution < 1.29 is 9.53 Å². The number of aromatic nitrogens is 3. The van der Waals surface area contributed by atoms with Crippen LogP contribution in [0.3, 0.4) is 0 Å². The number of rotatable bonds is 3. The van der Waals surface area contributed by atoms with Crippen molar-refractivity contribution in [3.63, 3.8) is 0 Å². The first-order valence-corrected chi connectivity index (χ1v) is 7.05. The second-order valence-corrected chi connectivity index (χ2v) is 5.17. The SMILES string of the molecule is O=C(NCc1cnc2cnccn12)c1cccc2c1COC2. The molecule has 3 aromatic rings. The van der Waals surface area contributed by atoms with Gasteiger partial charge in [-0.15, -0.1) is 0 Å². The molecule has 6 nitrogen and oxygen atoms in total. The quantitative estimate of drug-likeness (QED) is 0.798. The molecule has 1 amide bonds. The van der Waals surface area contributed by atoms with E-state index in [2.05, 4.69) is 15.3 Å². The lowest BCUT2D eigenvalue weighted by molar-refractivity contribution is 0.0945. The first kappa shape index (κ1) is 13.0. The van der Waals surface area contributed by atoms with Crippen molar-refractivity contribution in [1.29, 1.82) is 0 Å². The Morgan fingerprint density at radius 1 is 1.32 bits per heavy atom. The van der Waals surface area contributed by atoms with E-state index in [4.69, 9.17) is 4.74 Å². The van der Waals surface area contributed by atoms with Crippen LogP contribution in [0.25, 0.3) is 5.65 Å². The lowest BCUT2D eigenvalue weighted by Crippen LogP contribution is -2.24. The molecule has 0 unspecified atom stereocenters. The van der Waals surface area contributed by atoms with Crippen molar-refractivity contribution in [3.05, 3.63) is 65.4 Å². The van der Waals surface area contributed by atoms with Gasteiger partial charge in [0.1, 0.15) is 0 Å². The van der Waals surface area contributed by atoms with Gasteiger partial charge in [0.2, 0.25) is 0 Å². The van der Waals surface area contributed by atoms with Gasteiger partial charge in [-0.05, 0) is 17.2 Å². The van der Waals surface area contributed by atoms with Gasteiger partial charge in [-0.3, -0.25) is 14.2 Å². The fraction of sp³-hybridized carbons (Fsp3) is 0.188.